The summed E-state index contributed by atoms with van der Waals surface area (Å²) in [6.45, 7) is 1.31. The van der Waals surface area contributed by atoms with E-state index in [9.17, 15) is 5.26 Å². The van der Waals surface area contributed by atoms with Gasteiger partial charge in [-0.2, -0.15) is 5.26 Å². The highest BCUT2D eigenvalue weighted by Gasteiger charge is 2.48. The minimum absolute atomic E-state index is 0.459. The van der Waals surface area contributed by atoms with Gasteiger partial charge in [0.1, 0.15) is 5.75 Å². The average molecular weight is 352 g/mol. The fourth-order valence-electron chi connectivity index (χ4n) is 3.34. The molecule has 21 heavy (non-hydrogen) atoms. The molecular formula is C16H18BrNO3. The molecule has 0 aromatic heterocycles. The van der Waals surface area contributed by atoms with E-state index in [0.717, 1.165) is 41.5 Å². The van der Waals surface area contributed by atoms with Crippen molar-refractivity contribution < 1.29 is 14.2 Å². The molecule has 0 amide bonds. The summed E-state index contributed by atoms with van der Waals surface area (Å²) in [6, 6.07) is 8.37. The maximum absolute atomic E-state index is 9.83. The van der Waals surface area contributed by atoms with Crippen molar-refractivity contribution in [2.45, 2.75) is 36.9 Å². The molecule has 3 rings (SSSR count). The third-order valence-corrected chi connectivity index (χ3v) is 5.06. The van der Waals surface area contributed by atoms with Crippen LogP contribution in [0.3, 0.4) is 0 Å². The van der Waals surface area contributed by atoms with E-state index in [-0.39, 0.29) is 0 Å². The lowest BCUT2D eigenvalue weighted by Gasteiger charge is -2.40. The summed E-state index contributed by atoms with van der Waals surface area (Å²) in [5.41, 5.74) is 0.421. The van der Waals surface area contributed by atoms with Crippen LogP contribution in [-0.4, -0.2) is 26.1 Å². The van der Waals surface area contributed by atoms with Gasteiger partial charge in [0.2, 0.25) is 0 Å². The summed E-state index contributed by atoms with van der Waals surface area (Å²) in [4.78, 5) is 0. The third-order valence-electron chi connectivity index (χ3n) is 4.57. The van der Waals surface area contributed by atoms with Crippen molar-refractivity contribution >= 4 is 15.9 Å². The Morgan fingerprint density at radius 1 is 1.19 bits per heavy atom. The minimum Gasteiger partial charge on any atom is -0.496 e. The fraction of sp³-hybridized carbons (Fsp3) is 0.562. The zero-order chi connectivity index (χ0) is 14.9. The zero-order valence-corrected chi connectivity index (χ0v) is 13.6. The van der Waals surface area contributed by atoms with Gasteiger partial charge in [0.25, 0.3) is 0 Å². The second-order valence-corrected chi connectivity index (χ2v) is 6.56. The minimum atomic E-state index is -0.532. The van der Waals surface area contributed by atoms with Crippen LogP contribution in [0.1, 0.15) is 31.2 Å². The van der Waals surface area contributed by atoms with Crippen molar-refractivity contribution in [2.75, 3.05) is 20.3 Å². The second-order valence-electron chi connectivity index (χ2n) is 5.65. The van der Waals surface area contributed by atoms with Gasteiger partial charge in [0.05, 0.1) is 31.8 Å². The first kappa shape index (κ1) is 14.8. The van der Waals surface area contributed by atoms with Crippen LogP contribution < -0.4 is 4.74 Å². The Balaban J connectivity index is 1.92. The van der Waals surface area contributed by atoms with Crippen LogP contribution in [0.5, 0.6) is 5.75 Å². The Morgan fingerprint density at radius 3 is 2.43 bits per heavy atom. The number of rotatable bonds is 2. The molecule has 1 aliphatic heterocycles. The zero-order valence-electron chi connectivity index (χ0n) is 12.0. The van der Waals surface area contributed by atoms with E-state index in [1.54, 1.807) is 7.11 Å². The quantitative estimate of drug-likeness (QED) is 0.817. The summed E-state index contributed by atoms with van der Waals surface area (Å²) >= 11 is 3.49. The predicted molar refractivity (Wildman–Crippen MR) is 81.1 cm³/mol. The number of nitriles is 1. The fourth-order valence-corrected chi connectivity index (χ4v) is 3.70. The molecule has 1 aromatic carbocycles. The smallest absolute Gasteiger partial charge is 0.168 e. The monoisotopic (exact) mass is 351 g/mol. The molecule has 112 valence electrons. The van der Waals surface area contributed by atoms with Gasteiger partial charge in [0.15, 0.2) is 5.79 Å². The van der Waals surface area contributed by atoms with Crippen LogP contribution in [0.15, 0.2) is 22.7 Å². The third kappa shape index (κ3) is 2.57. The molecule has 0 unspecified atom stereocenters. The summed E-state index contributed by atoms with van der Waals surface area (Å²) < 4.78 is 17.9. The summed E-state index contributed by atoms with van der Waals surface area (Å²) in [5.74, 6) is 0.309. The Morgan fingerprint density at radius 2 is 1.86 bits per heavy atom. The number of nitrogens with zero attached hydrogens (tertiary/aromatic N) is 1. The van der Waals surface area contributed by atoms with E-state index in [1.807, 2.05) is 18.2 Å². The summed E-state index contributed by atoms with van der Waals surface area (Å²) in [6.07, 6.45) is 2.93. The number of methoxy groups -OCH3 is 1. The molecule has 1 spiro atoms. The van der Waals surface area contributed by atoms with E-state index < -0.39 is 11.2 Å². The second kappa shape index (κ2) is 5.60. The lowest BCUT2D eigenvalue weighted by atomic mass is 9.68. The first-order valence-corrected chi connectivity index (χ1v) is 7.96. The van der Waals surface area contributed by atoms with E-state index in [2.05, 4.69) is 22.0 Å². The Labute approximate surface area is 133 Å². The Kier molecular flexibility index (Phi) is 3.96. The van der Waals surface area contributed by atoms with E-state index in [0.29, 0.717) is 13.2 Å². The molecule has 5 heteroatoms. The number of halogens is 1. The van der Waals surface area contributed by atoms with Gasteiger partial charge in [-0.1, -0.05) is 15.9 Å². The topological polar surface area (TPSA) is 51.5 Å². The van der Waals surface area contributed by atoms with Crippen molar-refractivity contribution in [1.82, 2.24) is 0 Å². The highest BCUT2D eigenvalue weighted by molar-refractivity contribution is 9.10. The van der Waals surface area contributed by atoms with Gasteiger partial charge in [0, 0.05) is 22.9 Å². The maximum Gasteiger partial charge on any atom is 0.168 e. The van der Waals surface area contributed by atoms with Gasteiger partial charge < -0.3 is 14.2 Å². The summed E-state index contributed by atoms with van der Waals surface area (Å²) in [7, 11) is 1.64. The molecule has 1 saturated carbocycles. The predicted octanol–water partition coefficient (Wildman–Crippen LogP) is 3.54. The van der Waals surface area contributed by atoms with Crippen LogP contribution in [0, 0.1) is 11.3 Å². The van der Waals surface area contributed by atoms with Crippen LogP contribution in [0.2, 0.25) is 0 Å². The van der Waals surface area contributed by atoms with Gasteiger partial charge >= 0.3 is 0 Å². The first-order chi connectivity index (χ1) is 10.1. The standard InChI is InChI=1S/C16H18BrNO3/c1-19-14-3-2-12(17)10-13(14)15(11-18)4-6-16(7-5-15)20-8-9-21-16/h2-3,10H,4-9H2,1H3. The molecule has 0 atom stereocenters. The van der Waals surface area contributed by atoms with Crippen molar-refractivity contribution in [1.29, 1.82) is 5.26 Å². The van der Waals surface area contributed by atoms with Gasteiger partial charge in [-0.15, -0.1) is 0 Å². The molecule has 1 aliphatic carbocycles. The molecule has 0 N–H and O–H groups in total. The van der Waals surface area contributed by atoms with Crippen LogP contribution >= 0.6 is 15.9 Å². The highest BCUT2D eigenvalue weighted by atomic mass is 79.9. The normalized spacial score (nSPS) is 22.9. The SMILES string of the molecule is COc1ccc(Br)cc1C1(C#N)CCC2(CC1)OCCO2. The van der Waals surface area contributed by atoms with Crippen molar-refractivity contribution in [3.8, 4) is 11.8 Å². The lowest BCUT2D eigenvalue weighted by molar-refractivity contribution is -0.182. The largest absolute Gasteiger partial charge is 0.496 e. The molecule has 1 aromatic rings. The maximum atomic E-state index is 9.83. The highest BCUT2D eigenvalue weighted by Crippen LogP contribution is 2.48. The van der Waals surface area contributed by atoms with E-state index in [1.165, 1.54) is 0 Å². The Bertz CT molecular complexity index is 565. The van der Waals surface area contributed by atoms with E-state index in [4.69, 9.17) is 14.2 Å². The molecule has 1 heterocycles. The number of benzene rings is 1. The average Bonchev–Trinajstić information content (AvgIpc) is 2.97. The van der Waals surface area contributed by atoms with Crippen LogP contribution in [0.4, 0.5) is 0 Å². The van der Waals surface area contributed by atoms with Gasteiger partial charge in [-0.25, -0.2) is 0 Å². The molecule has 2 fully saturated rings. The number of ether oxygens (including phenoxy) is 3. The lowest BCUT2D eigenvalue weighted by Crippen LogP contribution is -2.41. The first-order valence-electron chi connectivity index (χ1n) is 7.16. The molecule has 4 nitrogen and oxygen atoms in total. The molecule has 1 saturated heterocycles. The van der Waals surface area contributed by atoms with Crippen molar-refractivity contribution in [3.63, 3.8) is 0 Å². The number of hydrogen-bond acceptors (Lipinski definition) is 4. The molecule has 2 aliphatic rings. The molecule has 0 bridgehead atoms. The number of hydrogen-bond donors (Lipinski definition) is 0. The van der Waals surface area contributed by atoms with Crippen molar-refractivity contribution in [2.24, 2.45) is 0 Å². The summed E-state index contributed by atoms with van der Waals surface area (Å²) in [5, 5.41) is 9.83. The Hall–Kier alpha value is -1.09. The van der Waals surface area contributed by atoms with E-state index >= 15 is 0 Å². The molecule has 0 radical (unpaired) electrons. The van der Waals surface area contributed by atoms with Gasteiger partial charge in [-0.3, -0.25) is 0 Å². The van der Waals surface area contributed by atoms with Gasteiger partial charge in [-0.05, 0) is 31.0 Å². The van der Waals surface area contributed by atoms with Crippen LogP contribution in [0.25, 0.3) is 0 Å². The molecular weight excluding hydrogens is 334 g/mol. The van der Waals surface area contributed by atoms with Crippen LogP contribution in [-0.2, 0) is 14.9 Å². The van der Waals surface area contributed by atoms with Crippen molar-refractivity contribution in [3.05, 3.63) is 28.2 Å².